The quantitative estimate of drug-likeness (QED) is 0.678. The third-order valence-corrected chi connectivity index (χ3v) is 7.53. The van der Waals surface area contributed by atoms with E-state index in [1.54, 1.807) is 13.2 Å². The Morgan fingerprint density at radius 3 is 2.83 bits per heavy atom. The van der Waals surface area contributed by atoms with Gasteiger partial charge in [-0.2, -0.15) is 0 Å². The SMILES string of the molecule is COC1CCNC(CS(=O)c2nc3cc(N4CCC(O)CC4)c(F)cc3[nH]2)C1C. The molecule has 3 N–H and O–H groups in total. The number of fused-ring (bicyclic) bond motifs is 1. The number of anilines is 1. The number of imidazole rings is 1. The highest BCUT2D eigenvalue weighted by Gasteiger charge is 2.31. The van der Waals surface area contributed by atoms with Crippen molar-refractivity contribution < 1.29 is 18.4 Å². The number of hydrogen-bond donors (Lipinski definition) is 3. The minimum atomic E-state index is -1.33. The molecule has 4 unspecified atom stereocenters. The Bertz CT molecular complexity index is 884. The molecule has 29 heavy (non-hydrogen) atoms. The number of benzene rings is 1. The Balaban J connectivity index is 1.52. The van der Waals surface area contributed by atoms with E-state index in [-0.39, 0.29) is 30.0 Å². The second kappa shape index (κ2) is 8.67. The summed E-state index contributed by atoms with van der Waals surface area (Å²) in [7, 11) is 0.389. The molecule has 0 radical (unpaired) electrons. The summed E-state index contributed by atoms with van der Waals surface area (Å²) < 4.78 is 33.1. The van der Waals surface area contributed by atoms with Gasteiger partial charge in [0, 0.05) is 38.1 Å². The van der Waals surface area contributed by atoms with E-state index >= 15 is 0 Å². The van der Waals surface area contributed by atoms with E-state index in [9.17, 15) is 13.7 Å². The molecule has 0 aliphatic carbocycles. The zero-order valence-electron chi connectivity index (χ0n) is 16.9. The van der Waals surface area contributed by atoms with Crippen LogP contribution >= 0.6 is 0 Å². The molecule has 2 aromatic rings. The van der Waals surface area contributed by atoms with Crippen molar-refractivity contribution in [1.29, 1.82) is 0 Å². The first-order chi connectivity index (χ1) is 14.0. The van der Waals surface area contributed by atoms with Crippen molar-refractivity contribution >= 4 is 27.5 Å². The van der Waals surface area contributed by atoms with Crippen LogP contribution in [0.2, 0.25) is 0 Å². The highest BCUT2D eigenvalue weighted by atomic mass is 32.2. The molecule has 0 amide bonds. The van der Waals surface area contributed by atoms with E-state index in [4.69, 9.17) is 4.74 Å². The summed E-state index contributed by atoms with van der Waals surface area (Å²) in [6, 6.07) is 3.21. The van der Waals surface area contributed by atoms with Crippen LogP contribution in [0.15, 0.2) is 17.3 Å². The highest BCUT2D eigenvalue weighted by Crippen LogP contribution is 2.28. The summed E-state index contributed by atoms with van der Waals surface area (Å²) in [5, 5.41) is 13.5. The molecule has 4 rings (SSSR count). The fraction of sp³-hybridized carbons (Fsp3) is 0.650. The standard InChI is InChI=1S/C20H29FN4O3S/c1-12-17(22-6-3-19(12)28-2)11-29(27)20-23-15-9-14(21)18(10-16(15)24-20)25-7-4-13(26)5-8-25/h9-10,12-13,17,19,22,26H,3-8,11H2,1-2H3,(H,23,24). The van der Waals surface area contributed by atoms with E-state index in [1.807, 2.05) is 4.90 Å². The first-order valence-corrected chi connectivity index (χ1v) is 11.5. The van der Waals surface area contributed by atoms with Crippen LogP contribution in [0.25, 0.3) is 11.0 Å². The largest absolute Gasteiger partial charge is 0.393 e. The maximum absolute atomic E-state index is 14.7. The van der Waals surface area contributed by atoms with Gasteiger partial charge in [-0.25, -0.2) is 9.37 Å². The summed E-state index contributed by atoms with van der Waals surface area (Å²) in [6.45, 7) is 4.17. The molecule has 0 bridgehead atoms. The monoisotopic (exact) mass is 424 g/mol. The third kappa shape index (κ3) is 4.33. The van der Waals surface area contributed by atoms with Crippen LogP contribution in [-0.4, -0.2) is 70.0 Å². The van der Waals surface area contributed by atoms with Crippen molar-refractivity contribution in [2.24, 2.45) is 5.92 Å². The predicted molar refractivity (Wildman–Crippen MR) is 111 cm³/mol. The number of aliphatic hydroxyl groups is 1. The van der Waals surface area contributed by atoms with Crippen LogP contribution in [0.1, 0.15) is 26.2 Å². The van der Waals surface area contributed by atoms with Crippen molar-refractivity contribution in [3.63, 3.8) is 0 Å². The van der Waals surface area contributed by atoms with E-state index in [0.717, 1.165) is 13.0 Å². The molecular weight excluding hydrogens is 395 g/mol. The normalized spacial score (nSPS) is 27.4. The lowest BCUT2D eigenvalue weighted by Crippen LogP contribution is -2.50. The van der Waals surface area contributed by atoms with Crippen molar-refractivity contribution in [3.8, 4) is 0 Å². The summed E-state index contributed by atoms with van der Waals surface area (Å²) >= 11 is 0. The summed E-state index contributed by atoms with van der Waals surface area (Å²) in [5.41, 5.74) is 1.64. The van der Waals surface area contributed by atoms with Crippen molar-refractivity contribution in [2.45, 2.75) is 49.6 Å². The minimum absolute atomic E-state index is 0.0785. The maximum atomic E-state index is 14.7. The van der Waals surface area contributed by atoms with Gasteiger partial charge in [-0.05, 0) is 37.8 Å². The second-order valence-corrected chi connectivity index (χ2v) is 9.49. The number of aromatic nitrogens is 2. The molecule has 7 nitrogen and oxygen atoms in total. The predicted octanol–water partition coefficient (Wildman–Crippen LogP) is 1.78. The van der Waals surface area contributed by atoms with Crippen molar-refractivity contribution in [3.05, 3.63) is 17.9 Å². The summed E-state index contributed by atoms with van der Waals surface area (Å²) in [6.07, 6.45) is 2.05. The zero-order valence-corrected chi connectivity index (χ0v) is 17.7. The van der Waals surface area contributed by atoms with Gasteiger partial charge >= 0.3 is 0 Å². The van der Waals surface area contributed by atoms with E-state index in [1.165, 1.54) is 6.07 Å². The molecular formula is C20H29FN4O3S. The van der Waals surface area contributed by atoms with Gasteiger partial charge in [0.15, 0.2) is 5.16 Å². The number of rotatable bonds is 5. The lowest BCUT2D eigenvalue weighted by atomic mass is 9.91. The first kappa shape index (κ1) is 20.7. The van der Waals surface area contributed by atoms with Gasteiger partial charge in [0.1, 0.15) is 5.82 Å². The minimum Gasteiger partial charge on any atom is -0.393 e. The molecule has 9 heteroatoms. The summed E-state index contributed by atoms with van der Waals surface area (Å²) in [5.74, 6) is 0.348. The number of nitrogens with zero attached hydrogens (tertiary/aromatic N) is 2. The van der Waals surface area contributed by atoms with Gasteiger partial charge in [0.25, 0.3) is 0 Å². The number of ether oxygens (including phenoxy) is 1. The molecule has 2 fully saturated rings. The van der Waals surface area contributed by atoms with Crippen LogP contribution in [0.3, 0.4) is 0 Å². The average molecular weight is 425 g/mol. The molecule has 0 saturated carbocycles. The first-order valence-electron chi connectivity index (χ1n) is 10.2. The molecule has 160 valence electrons. The molecule has 0 spiro atoms. The van der Waals surface area contributed by atoms with Crippen LogP contribution in [-0.2, 0) is 15.5 Å². The Morgan fingerprint density at radius 1 is 1.34 bits per heavy atom. The van der Waals surface area contributed by atoms with Crippen molar-refractivity contribution in [2.75, 3.05) is 37.4 Å². The lowest BCUT2D eigenvalue weighted by molar-refractivity contribution is 0.0224. The van der Waals surface area contributed by atoms with Gasteiger partial charge in [0.2, 0.25) is 0 Å². The zero-order chi connectivity index (χ0) is 20.5. The van der Waals surface area contributed by atoms with Gasteiger partial charge in [-0.15, -0.1) is 0 Å². The maximum Gasteiger partial charge on any atom is 0.197 e. The van der Waals surface area contributed by atoms with Gasteiger partial charge in [-0.1, -0.05) is 6.92 Å². The summed E-state index contributed by atoms with van der Waals surface area (Å²) in [4.78, 5) is 9.47. The number of hydrogen-bond acceptors (Lipinski definition) is 6. The Hall–Kier alpha value is -1.55. The smallest absolute Gasteiger partial charge is 0.197 e. The lowest BCUT2D eigenvalue weighted by Gasteiger charge is -2.35. The van der Waals surface area contributed by atoms with Crippen LogP contribution in [0.5, 0.6) is 0 Å². The Kier molecular flexibility index (Phi) is 6.19. The fourth-order valence-electron chi connectivity index (χ4n) is 4.36. The average Bonchev–Trinajstić information content (AvgIpc) is 3.12. The van der Waals surface area contributed by atoms with Crippen molar-refractivity contribution in [1.82, 2.24) is 15.3 Å². The molecule has 2 aliphatic rings. The topological polar surface area (TPSA) is 90.5 Å². The van der Waals surface area contributed by atoms with Crippen LogP contribution in [0.4, 0.5) is 10.1 Å². The molecule has 2 aliphatic heterocycles. The van der Waals surface area contributed by atoms with Gasteiger partial charge in [-0.3, -0.25) is 4.21 Å². The number of H-pyrrole nitrogens is 1. The Labute approximate surface area is 172 Å². The third-order valence-electron chi connectivity index (χ3n) is 6.24. The molecule has 4 atom stereocenters. The number of halogens is 1. The highest BCUT2D eigenvalue weighted by molar-refractivity contribution is 7.84. The van der Waals surface area contributed by atoms with Gasteiger partial charge in [0.05, 0.1) is 39.7 Å². The molecule has 1 aromatic heterocycles. The molecule has 2 saturated heterocycles. The van der Waals surface area contributed by atoms with Gasteiger partial charge < -0.3 is 25.0 Å². The second-order valence-electron chi connectivity index (χ2n) is 8.08. The molecule has 3 heterocycles. The van der Waals surface area contributed by atoms with Crippen LogP contribution in [0, 0.1) is 11.7 Å². The number of aromatic amines is 1. The van der Waals surface area contributed by atoms with Crippen LogP contribution < -0.4 is 10.2 Å². The van der Waals surface area contributed by atoms with E-state index in [2.05, 4.69) is 22.2 Å². The fourth-order valence-corrected chi connectivity index (χ4v) is 5.69. The van der Waals surface area contributed by atoms with E-state index < -0.39 is 10.8 Å². The Morgan fingerprint density at radius 2 is 2.10 bits per heavy atom. The number of methoxy groups -OCH3 is 1. The van der Waals surface area contributed by atoms with E-state index in [0.29, 0.717) is 53.6 Å². The number of aliphatic hydroxyl groups excluding tert-OH is 1. The number of piperidine rings is 2. The molecule has 1 aromatic carbocycles. The number of nitrogens with one attached hydrogen (secondary N) is 2.